The Morgan fingerprint density at radius 2 is 2.33 bits per heavy atom. The molecule has 6 heavy (non-hydrogen) atoms. The minimum Gasteiger partial charge on any atom is -0.222 e. The highest BCUT2D eigenvalue weighted by atomic mass is 15.2. The lowest BCUT2D eigenvalue weighted by molar-refractivity contribution is 0.653. The lowest BCUT2D eigenvalue weighted by Crippen LogP contribution is -2.10. The SMILES string of the molecule is CCCCN[N]. The van der Waals surface area contributed by atoms with E-state index in [1.54, 1.807) is 0 Å². The molecule has 0 spiro atoms. The predicted molar refractivity (Wildman–Crippen MR) is 25.0 cm³/mol. The molecule has 0 saturated carbocycles. The third-order valence-electron chi connectivity index (χ3n) is 0.642. The van der Waals surface area contributed by atoms with Crippen LogP contribution in [0, 0.1) is 0 Å². The Balaban J connectivity index is 2.34. The molecule has 0 fully saturated rings. The van der Waals surface area contributed by atoms with Crippen molar-refractivity contribution in [3.05, 3.63) is 0 Å². The second-order valence-electron chi connectivity index (χ2n) is 1.26. The molecule has 0 aliphatic rings. The van der Waals surface area contributed by atoms with E-state index in [1.165, 1.54) is 0 Å². The van der Waals surface area contributed by atoms with E-state index < -0.39 is 0 Å². The molecule has 0 amide bonds. The molecule has 2 radical (unpaired) electrons. The van der Waals surface area contributed by atoms with E-state index in [4.69, 9.17) is 5.84 Å². The number of unbranched alkanes of at least 4 members (excludes halogenated alkanes) is 1. The summed E-state index contributed by atoms with van der Waals surface area (Å²) >= 11 is 0. The molecule has 0 rings (SSSR count). The summed E-state index contributed by atoms with van der Waals surface area (Å²) in [6.45, 7) is 2.80. The first-order valence-electron chi connectivity index (χ1n) is 2.28. The lowest BCUT2D eigenvalue weighted by Gasteiger charge is -1.87. The maximum absolute atomic E-state index is 7.95. The van der Waals surface area contributed by atoms with Crippen LogP contribution in [0.1, 0.15) is 19.8 Å². The molecule has 0 aromatic rings. The summed E-state index contributed by atoms with van der Waals surface area (Å²) < 4.78 is 0. The highest BCUT2D eigenvalue weighted by Crippen LogP contribution is 1.79. The molecule has 0 unspecified atom stereocenters. The average molecular weight is 86.1 g/mol. The molecule has 36 valence electrons. The summed E-state index contributed by atoms with van der Waals surface area (Å²) in [7, 11) is 0. The smallest absolute Gasteiger partial charge is 0.0131 e. The maximum atomic E-state index is 7.95. The van der Waals surface area contributed by atoms with E-state index in [0.29, 0.717) is 0 Å². The monoisotopic (exact) mass is 86.1 g/mol. The number of rotatable bonds is 3. The van der Waals surface area contributed by atoms with E-state index >= 15 is 0 Å². The van der Waals surface area contributed by atoms with Gasteiger partial charge in [0.25, 0.3) is 0 Å². The van der Waals surface area contributed by atoms with Crippen LogP contribution in [0.4, 0.5) is 0 Å². The van der Waals surface area contributed by atoms with Gasteiger partial charge in [-0.25, -0.2) is 5.43 Å². The van der Waals surface area contributed by atoms with Gasteiger partial charge in [-0.2, -0.15) is 0 Å². The minimum atomic E-state index is 0.719. The van der Waals surface area contributed by atoms with Crippen LogP contribution in [0.3, 0.4) is 0 Å². The molecular weight excluding hydrogens is 76.1 g/mol. The Hall–Kier alpha value is -0.0800. The minimum absolute atomic E-state index is 0.719. The zero-order valence-corrected chi connectivity index (χ0v) is 4.07. The van der Waals surface area contributed by atoms with Crippen molar-refractivity contribution in [2.45, 2.75) is 19.8 Å². The summed E-state index contributed by atoms with van der Waals surface area (Å²) in [5, 5.41) is 0. The Morgan fingerprint density at radius 3 is 2.50 bits per heavy atom. The molecule has 0 aromatic carbocycles. The molecule has 2 nitrogen and oxygen atoms in total. The summed E-state index contributed by atoms with van der Waals surface area (Å²) in [5.41, 5.74) is 2.07. The third-order valence-corrected chi connectivity index (χ3v) is 0.642. The van der Waals surface area contributed by atoms with Crippen molar-refractivity contribution >= 4 is 0 Å². The Kier molecular flexibility index (Phi) is 4.85. The third kappa shape index (κ3) is 3.92. The van der Waals surface area contributed by atoms with E-state index in [0.717, 1.165) is 19.4 Å². The zero-order valence-electron chi connectivity index (χ0n) is 4.07. The first-order valence-corrected chi connectivity index (χ1v) is 2.28. The fraction of sp³-hybridized carbons (Fsp3) is 1.00. The van der Waals surface area contributed by atoms with Gasteiger partial charge >= 0.3 is 0 Å². The summed E-state index contributed by atoms with van der Waals surface area (Å²) in [6, 6.07) is 0. The molecule has 1 N–H and O–H groups in total. The topological polar surface area (TPSA) is 34.3 Å². The van der Waals surface area contributed by atoms with Crippen LogP contribution in [0.2, 0.25) is 0 Å². The second-order valence-corrected chi connectivity index (χ2v) is 1.26. The zero-order chi connectivity index (χ0) is 4.83. The Morgan fingerprint density at radius 1 is 1.67 bits per heavy atom. The Labute approximate surface area is 38.7 Å². The first-order chi connectivity index (χ1) is 2.91. The van der Waals surface area contributed by atoms with Crippen molar-refractivity contribution in [2.75, 3.05) is 6.54 Å². The van der Waals surface area contributed by atoms with Crippen molar-refractivity contribution in [3.63, 3.8) is 0 Å². The van der Waals surface area contributed by atoms with Crippen LogP contribution in [0.15, 0.2) is 0 Å². The fourth-order valence-corrected chi connectivity index (χ4v) is 0.256. The molecule has 0 atom stereocenters. The van der Waals surface area contributed by atoms with Gasteiger partial charge < -0.3 is 0 Å². The van der Waals surface area contributed by atoms with Crippen LogP contribution in [-0.4, -0.2) is 6.54 Å². The number of nitrogens with zero attached hydrogens (tertiary/aromatic N) is 1. The van der Waals surface area contributed by atoms with Crippen LogP contribution >= 0.6 is 0 Å². The molecular formula is C4H10N2. The highest BCUT2D eigenvalue weighted by molar-refractivity contribution is 4.32. The van der Waals surface area contributed by atoms with E-state index in [1.807, 2.05) is 0 Å². The number of hydrogen-bond donors (Lipinski definition) is 1. The van der Waals surface area contributed by atoms with Gasteiger partial charge in [-0.3, -0.25) is 0 Å². The molecule has 0 bridgehead atoms. The van der Waals surface area contributed by atoms with Gasteiger partial charge in [0.1, 0.15) is 0 Å². The maximum Gasteiger partial charge on any atom is 0.0131 e. The molecule has 0 aliphatic carbocycles. The van der Waals surface area contributed by atoms with Gasteiger partial charge in [0.05, 0.1) is 0 Å². The van der Waals surface area contributed by atoms with Gasteiger partial charge in [-0.1, -0.05) is 13.3 Å². The van der Waals surface area contributed by atoms with E-state index in [9.17, 15) is 0 Å². The van der Waals surface area contributed by atoms with Crippen LogP contribution in [-0.2, 0) is 0 Å². The van der Waals surface area contributed by atoms with Gasteiger partial charge in [0.15, 0.2) is 0 Å². The number of nitrogens with one attached hydrogen (secondary N) is 1. The van der Waals surface area contributed by atoms with Gasteiger partial charge in [0.2, 0.25) is 0 Å². The van der Waals surface area contributed by atoms with Gasteiger partial charge in [-0.05, 0) is 12.3 Å². The van der Waals surface area contributed by atoms with Crippen molar-refractivity contribution in [3.8, 4) is 0 Å². The molecule has 0 heterocycles. The first kappa shape index (κ1) is 5.92. The van der Waals surface area contributed by atoms with Crippen molar-refractivity contribution in [1.29, 1.82) is 0 Å². The number of hydrogen-bond acceptors (Lipinski definition) is 1. The van der Waals surface area contributed by atoms with Crippen LogP contribution < -0.4 is 11.3 Å². The van der Waals surface area contributed by atoms with E-state index in [2.05, 4.69) is 12.3 Å². The quantitative estimate of drug-likeness (QED) is 0.390. The fourth-order valence-electron chi connectivity index (χ4n) is 0.256. The van der Waals surface area contributed by atoms with E-state index in [-0.39, 0.29) is 0 Å². The van der Waals surface area contributed by atoms with Crippen LogP contribution in [0.5, 0.6) is 0 Å². The molecule has 0 aliphatic heterocycles. The molecule has 2 heteroatoms. The molecule has 0 saturated heterocycles. The summed E-state index contributed by atoms with van der Waals surface area (Å²) in [6.07, 6.45) is 2.18. The second kappa shape index (κ2) is 4.92. The summed E-state index contributed by atoms with van der Waals surface area (Å²) in [5.74, 6) is 7.95. The predicted octanol–water partition coefficient (Wildman–Crippen LogP) is 0.360. The van der Waals surface area contributed by atoms with Crippen molar-refractivity contribution in [1.82, 2.24) is 11.3 Å². The standard InChI is InChI=1S/C4H10N2/c1-2-3-4-6-5/h6H,2-4H2,1H3. The normalized spacial score (nSPS) is 9.00. The summed E-state index contributed by atoms with van der Waals surface area (Å²) in [4.78, 5) is 0. The van der Waals surface area contributed by atoms with Crippen LogP contribution in [0.25, 0.3) is 0 Å². The highest BCUT2D eigenvalue weighted by Gasteiger charge is 1.75. The lowest BCUT2D eigenvalue weighted by atomic mass is 10.3. The van der Waals surface area contributed by atoms with Crippen molar-refractivity contribution < 1.29 is 0 Å². The average Bonchev–Trinajstić information content (AvgIpc) is 1.61. The molecule has 0 aromatic heterocycles. The largest absolute Gasteiger partial charge is 0.222 e. The Bertz CT molecular complexity index is 17.5. The van der Waals surface area contributed by atoms with Crippen molar-refractivity contribution in [2.24, 2.45) is 0 Å². The van der Waals surface area contributed by atoms with Gasteiger partial charge in [-0.15, -0.1) is 0 Å². The van der Waals surface area contributed by atoms with Gasteiger partial charge in [0, 0.05) is 6.54 Å².